The number of carbonyl (C=O) groups excluding carboxylic acids is 4. The molecule has 0 aliphatic heterocycles. The third-order valence-corrected chi connectivity index (χ3v) is 7.29. The number of benzene rings is 2. The standard InChI is InChI=1S/C30H35N7O6.C2H5NO2/c1-16(35-28(40)17(2)36-29(41)22(31)11-18-13-32-23-9-5-3-7-20(18)23)27(39)34-15-26(38)37-25(30(42)43)12-19-14-33-24-10-6-4-8-21(19)24;3-1-2(4)5/h3-10,13-14,16-17,22,25,32-33H,11-12,15,31H2,1-2H3,(H,34,39)(H,35,40)(H,36,41)(H,37,38)(H,42,43);1,3H2,(H,4,5)/t16-,17-,22-,25-;/m0./s1. The van der Waals surface area contributed by atoms with E-state index < -0.39 is 66.3 Å². The second kappa shape index (κ2) is 17.3. The predicted octanol–water partition coefficient (Wildman–Crippen LogP) is -0.514. The number of fused-ring (bicyclic) bond motifs is 2. The van der Waals surface area contributed by atoms with Crippen molar-refractivity contribution in [1.82, 2.24) is 31.2 Å². The summed E-state index contributed by atoms with van der Waals surface area (Å²) in [6.45, 7) is 2.11. The SMILES string of the molecule is C[C@H](NC(=O)[C@H](C)NC(=O)[C@@H](N)Cc1c[nH]c2ccccc12)C(=O)NCC(=O)N[C@@H](Cc1c[nH]c2ccccc12)C(=O)O.NCC(=O)O. The molecule has 0 bridgehead atoms. The first kappa shape index (κ1) is 36.7. The van der Waals surface area contributed by atoms with Gasteiger partial charge in [0.2, 0.25) is 23.6 Å². The molecule has 0 unspecified atom stereocenters. The zero-order chi connectivity index (χ0) is 35.4. The highest BCUT2D eigenvalue weighted by molar-refractivity contribution is 5.94. The maximum Gasteiger partial charge on any atom is 0.326 e. The van der Waals surface area contributed by atoms with Crippen molar-refractivity contribution in [2.24, 2.45) is 11.5 Å². The van der Waals surface area contributed by atoms with Crippen LogP contribution < -0.4 is 32.7 Å². The zero-order valence-corrected chi connectivity index (χ0v) is 26.4. The molecule has 0 radical (unpaired) electrons. The summed E-state index contributed by atoms with van der Waals surface area (Å²) in [6, 6.07) is 10.9. The fourth-order valence-corrected chi connectivity index (χ4v) is 4.71. The maximum atomic E-state index is 12.6. The lowest BCUT2D eigenvalue weighted by molar-refractivity contribution is -0.141. The quantitative estimate of drug-likeness (QED) is 0.0824. The van der Waals surface area contributed by atoms with Gasteiger partial charge in [-0.2, -0.15) is 0 Å². The largest absolute Gasteiger partial charge is 0.480 e. The lowest BCUT2D eigenvalue weighted by Gasteiger charge is -2.20. The van der Waals surface area contributed by atoms with Gasteiger partial charge in [0.25, 0.3) is 0 Å². The molecule has 4 rings (SSSR count). The summed E-state index contributed by atoms with van der Waals surface area (Å²) in [5.74, 6) is -4.70. The summed E-state index contributed by atoms with van der Waals surface area (Å²) in [4.78, 5) is 77.4. The molecule has 0 saturated carbocycles. The maximum absolute atomic E-state index is 12.6. The van der Waals surface area contributed by atoms with E-state index in [2.05, 4.69) is 37.0 Å². The van der Waals surface area contributed by atoms with Gasteiger partial charge in [0, 0.05) is 40.6 Å². The Morgan fingerprint density at radius 3 is 1.73 bits per heavy atom. The van der Waals surface area contributed by atoms with Crippen LogP contribution in [0.25, 0.3) is 21.8 Å². The van der Waals surface area contributed by atoms with E-state index in [0.29, 0.717) is 0 Å². The molecule has 0 aliphatic rings. The average molecular weight is 665 g/mol. The molecule has 0 fully saturated rings. The van der Waals surface area contributed by atoms with Crippen molar-refractivity contribution in [3.05, 3.63) is 72.1 Å². The van der Waals surface area contributed by atoms with Crippen LogP contribution >= 0.6 is 0 Å². The smallest absolute Gasteiger partial charge is 0.326 e. The molecule has 16 heteroatoms. The molecule has 0 aliphatic carbocycles. The van der Waals surface area contributed by atoms with Crippen molar-refractivity contribution >= 4 is 57.4 Å². The average Bonchev–Trinajstić information content (AvgIpc) is 3.67. The van der Waals surface area contributed by atoms with Crippen molar-refractivity contribution in [2.75, 3.05) is 13.1 Å². The first-order chi connectivity index (χ1) is 22.8. The van der Waals surface area contributed by atoms with Gasteiger partial charge in [-0.3, -0.25) is 24.0 Å². The van der Waals surface area contributed by atoms with Gasteiger partial charge in [-0.05, 0) is 43.5 Å². The number of aliphatic carboxylic acids is 2. The number of carboxylic acid groups (broad SMARTS) is 2. The van der Waals surface area contributed by atoms with Crippen LogP contribution in [0.2, 0.25) is 0 Å². The summed E-state index contributed by atoms with van der Waals surface area (Å²) < 4.78 is 0. The number of para-hydroxylation sites is 2. The van der Waals surface area contributed by atoms with Crippen molar-refractivity contribution in [1.29, 1.82) is 0 Å². The summed E-state index contributed by atoms with van der Waals surface area (Å²) in [6.07, 6.45) is 3.79. The van der Waals surface area contributed by atoms with Gasteiger partial charge < -0.3 is 52.9 Å². The highest BCUT2D eigenvalue weighted by Crippen LogP contribution is 2.20. The van der Waals surface area contributed by atoms with Gasteiger partial charge >= 0.3 is 11.9 Å². The van der Waals surface area contributed by atoms with Crippen molar-refractivity contribution in [3.63, 3.8) is 0 Å². The van der Waals surface area contributed by atoms with Gasteiger partial charge in [0.1, 0.15) is 18.1 Å². The predicted molar refractivity (Wildman–Crippen MR) is 176 cm³/mol. The Bertz CT molecular complexity index is 1770. The van der Waals surface area contributed by atoms with Crippen LogP contribution in [-0.4, -0.2) is 93.0 Å². The summed E-state index contributed by atoms with van der Waals surface area (Å²) in [5.41, 5.74) is 14.0. The van der Waals surface area contributed by atoms with Crippen molar-refractivity contribution < 1.29 is 39.0 Å². The lowest BCUT2D eigenvalue weighted by atomic mass is 10.0. The molecule has 48 heavy (non-hydrogen) atoms. The molecular formula is C32H40N8O8. The van der Waals surface area contributed by atoms with Gasteiger partial charge in [-0.1, -0.05) is 36.4 Å². The number of aromatic nitrogens is 2. The summed E-state index contributed by atoms with van der Waals surface area (Å²) in [7, 11) is 0. The minimum absolute atomic E-state index is 0.0422. The number of carbonyl (C=O) groups is 6. The Labute approximate surface area is 275 Å². The summed E-state index contributed by atoms with van der Waals surface area (Å²) >= 11 is 0. The van der Waals surface area contributed by atoms with E-state index in [-0.39, 0.29) is 19.4 Å². The van der Waals surface area contributed by atoms with Crippen LogP contribution in [0, 0.1) is 0 Å². The molecule has 16 nitrogen and oxygen atoms in total. The van der Waals surface area contributed by atoms with Gasteiger partial charge in [-0.15, -0.1) is 0 Å². The normalized spacial score (nSPS) is 13.2. The fourth-order valence-electron chi connectivity index (χ4n) is 4.71. The zero-order valence-electron chi connectivity index (χ0n) is 26.4. The minimum Gasteiger partial charge on any atom is -0.480 e. The number of nitrogens with one attached hydrogen (secondary N) is 6. The number of hydrogen-bond acceptors (Lipinski definition) is 8. The highest BCUT2D eigenvalue weighted by Gasteiger charge is 2.25. The molecule has 256 valence electrons. The fraction of sp³-hybridized carbons (Fsp3) is 0.312. The number of hydrogen-bond donors (Lipinski definition) is 10. The number of nitrogens with two attached hydrogens (primary N) is 2. The Morgan fingerprint density at radius 2 is 1.21 bits per heavy atom. The van der Waals surface area contributed by atoms with E-state index in [1.807, 2.05) is 48.5 Å². The van der Waals surface area contributed by atoms with Crippen molar-refractivity contribution in [3.8, 4) is 0 Å². The molecule has 0 spiro atoms. The summed E-state index contributed by atoms with van der Waals surface area (Å²) in [5, 5.41) is 28.9. The Hall–Kier alpha value is -5.74. The Balaban J connectivity index is 0.00000116. The third kappa shape index (κ3) is 10.4. The van der Waals surface area contributed by atoms with Gasteiger partial charge in [-0.25, -0.2) is 4.79 Å². The molecule has 2 heterocycles. The molecule has 4 aromatic rings. The van der Waals surface area contributed by atoms with Crippen LogP contribution in [0.5, 0.6) is 0 Å². The second-order valence-electron chi connectivity index (χ2n) is 11.0. The van der Waals surface area contributed by atoms with Crippen molar-refractivity contribution in [2.45, 2.75) is 50.9 Å². The van der Waals surface area contributed by atoms with Gasteiger partial charge in [0.15, 0.2) is 0 Å². The molecule has 4 atom stereocenters. The first-order valence-corrected chi connectivity index (χ1v) is 15.0. The topological polar surface area (TPSA) is 275 Å². The van der Waals surface area contributed by atoms with E-state index in [4.69, 9.17) is 10.8 Å². The van der Waals surface area contributed by atoms with Crippen LogP contribution in [-0.2, 0) is 41.6 Å². The number of amides is 4. The molecule has 4 amide bonds. The van der Waals surface area contributed by atoms with E-state index in [1.165, 1.54) is 13.8 Å². The Kier molecular flexibility index (Phi) is 13.2. The van der Waals surface area contributed by atoms with Gasteiger partial charge in [0.05, 0.1) is 19.1 Å². The molecule has 0 saturated heterocycles. The van der Waals surface area contributed by atoms with Crippen LogP contribution in [0.3, 0.4) is 0 Å². The molecule has 12 N–H and O–H groups in total. The van der Waals surface area contributed by atoms with E-state index in [0.717, 1.165) is 32.9 Å². The number of rotatable bonds is 14. The molecule has 2 aromatic heterocycles. The lowest BCUT2D eigenvalue weighted by Crippen LogP contribution is -2.55. The highest BCUT2D eigenvalue weighted by atomic mass is 16.4. The van der Waals surface area contributed by atoms with E-state index in [9.17, 15) is 33.9 Å². The molecular weight excluding hydrogens is 624 g/mol. The second-order valence-corrected chi connectivity index (χ2v) is 11.0. The third-order valence-electron chi connectivity index (χ3n) is 7.29. The van der Waals surface area contributed by atoms with Crippen LogP contribution in [0.4, 0.5) is 0 Å². The van der Waals surface area contributed by atoms with Crippen LogP contribution in [0.15, 0.2) is 60.9 Å². The minimum atomic E-state index is -1.22. The van der Waals surface area contributed by atoms with Crippen LogP contribution in [0.1, 0.15) is 25.0 Å². The van der Waals surface area contributed by atoms with E-state index >= 15 is 0 Å². The Morgan fingerprint density at radius 1 is 0.729 bits per heavy atom. The van der Waals surface area contributed by atoms with E-state index in [1.54, 1.807) is 12.4 Å². The number of aromatic amines is 2. The monoisotopic (exact) mass is 664 g/mol. The first-order valence-electron chi connectivity index (χ1n) is 15.0. The molecule has 2 aromatic carbocycles. The number of H-pyrrole nitrogens is 2. The number of carboxylic acids is 2.